The molecule has 0 saturated carbocycles. The maximum atomic E-state index is 12.5. The number of rotatable bonds is 4. The molecule has 0 aromatic heterocycles. The molecule has 0 bridgehead atoms. The molecule has 2 rings (SSSR count). The van der Waals surface area contributed by atoms with E-state index < -0.39 is 0 Å². The van der Waals surface area contributed by atoms with Gasteiger partial charge in [0.25, 0.3) is 0 Å². The second-order valence-corrected chi connectivity index (χ2v) is 7.81. The van der Waals surface area contributed by atoms with Crippen LogP contribution in [0.15, 0.2) is 42.5 Å². The van der Waals surface area contributed by atoms with Crippen LogP contribution in [0.2, 0.25) is 5.02 Å². The maximum absolute atomic E-state index is 12.5. The summed E-state index contributed by atoms with van der Waals surface area (Å²) < 4.78 is 5.78. The maximum Gasteiger partial charge on any atom is 0.187 e. The Kier molecular flexibility index (Phi) is 7.37. The van der Waals surface area contributed by atoms with Gasteiger partial charge >= 0.3 is 0 Å². The van der Waals surface area contributed by atoms with Crippen molar-refractivity contribution in [2.45, 2.75) is 33.3 Å². The zero-order chi connectivity index (χ0) is 16.3. The Hall–Kier alpha value is -0.773. The molecular weight excluding hydrogens is 322 g/mol. The summed E-state index contributed by atoms with van der Waals surface area (Å²) in [6.45, 7) is 7.93. The number of hydrogen-bond donors (Lipinski definition) is 0. The van der Waals surface area contributed by atoms with Crippen molar-refractivity contribution in [2.75, 3.05) is 0 Å². The number of benzene rings is 2. The minimum Gasteiger partial charge on any atom is -0.488 e. The average Bonchev–Trinajstić information content (AvgIpc) is 2.39. The summed E-state index contributed by atoms with van der Waals surface area (Å²) in [6.07, 6.45) is 0. The van der Waals surface area contributed by atoms with Crippen LogP contribution in [-0.2, 0) is 0 Å². The van der Waals surface area contributed by atoms with Gasteiger partial charge in [0.15, 0.2) is 5.52 Å². The third kappa shape index (κ3) is 5.98. The van der Waals surface area contributed by atoms with Crippen LogP contribution in [-0.4, -0.2) is 30.0 Å². The summed E-state index contributed by atoms with van der Waals surface area (Å²) in [6, 6.07) is 13.2. The van der Waals surface area contributed by atoms with Crippen LogP contribution in [0.3, 0.4) is 0 Å². The van der Waals surface area contributed by atoms with Crippen molar-refractivity contribution in [3.05, 3.63) is 58.6 Å². The van der Waals surface area contributed by atoms with Crippen LogP contribution in [0.25, 0.3) is 0 Å². The van der Waals surface area contributed by atoms with E-state index in [1.807, 2.05) is 64.1 Å². The molecule has 117 valence electrons. The Morgan fingerprint density at radius 2 is 1.70 bits per heavy atom. The molecule has 0 aliphatic heterocycles. The first-order valence-electron chi connectivity index (χ1n) is 7.12. The fraction of sp³-hybridized carbons (Fsp3) is 0.278. The number of halogens is 1. The van der Waals surface area contributed by atoms with E-state index in [2.05, 4.69) is 0 Å². The molecule has 2 aromatic rings. The van der Waals surface area contributed by atoms with E-state index in [0.717, 1.165) is 16.6 Å². The summed E-state index contributed by atoms with van der Waals surface area (Å²) in [4.78, 5) is 12.5. The summed E-state index contributed by atoms with van der Waals surface area (Å²) >= 11 is 6.15. The molecule has 2 aromatic carbocycles. The normalized spacial score (nSPS) is 11.3. The monoisotopic (exact) mass is 341 g/mol. The molecule has 0 spiro atoms. The first-order chi connectivity index (χ1) is 10.3. The molecule has 23 heavy (non-hydrogen) atoms. The van der Waals surface area contributed by atoms with Crippen LogP contribution in [0.5, 0.6) is 5.75 Å². The second-order valence-electron chi connectivity index (χ2n) is 6.12. The molecule has 5 heteroatoms. The topological polar surface area (TPSA) is 26.3 Å². The van der Waals surface area contributed by atoms with E-state index in [4.69, 9.17) is 16.3 Å². The Bertz CT molecular complexity index is 658. The summed E-state index contributed by atoms with van der Waals surface area (Å²) in [5.41, 5.74) is 1.37. The van der Waals surface area contributed by atoms with Gasteiger partial charge in [0.2, 0.25) is 0 Å². The number of hydrogen-bond acceptors (Lipinski definition) is 2. The second kappa shape index (κ2) is 8.36. The van der Waals surface area contributed by atoms with Crippen LogP contribution in [0.4, 0.5) is 0 Å². The van der Waals surface area contributed by atoms with Gasteiger partial charge in [-0.25, -0.2) is 0 Å². The SMILES string of the molecule is Cc1cccc(Cl)c1C(=O)Pc1ccc(OC(C)(C)C)cc1.[Li]. The Balaban J connectivity index is 0.00000264. The van der Waals surface area contributed by atoms with Crippen molar-refractivity contribution in [1.82, 2.24) is 0 Å². The largest absolute Gasteiger partial charge is 0.488 e. The molecule has 1 atom stereocenters. The summed E-state index contributed by atoms with van der Waals surface area (Å²) in [5, 5.41) is 1.50. The standard InChI is InChI=1S/C18H20ClO2P.Li/c1-12-6-5-7-15(19)16(12)17(20)22-14-10-8-13(9-11-14)21-18(2,3)4;/h5-11,22H,1-4H3;. The molecule has 1 unspecified atom stereocenters. The van der Waals surface area contributed by atoms with Gasteiger partial charge in [0, 0.05) is 24.4 Å². The fourth-order valence-corrected chi connectivity index (χ4v) is 3.51. The first kappa shape index (κ1) is 20.3. The van der Waals surface area contributed by atoms with Crippen LogP contribution in [0, 0.1) is 6.92 Å². The van der Waals surface area contributed by atoms with E-state index in [0.29, 0.717) is 10.6 Å². The molecule has 2 nitrogen and oxygen atoms in total. The molecule has 0 saturated heterocycles. The third-order valence-electron chi connectivity index (χ3n) is 2.99. The van der Waals surface area contributed by atoms with Gasteiger partial charge in [-0.05, 0) is 65.3 Å². The number of ether oxygens (including phenoxy) is 1. The van der Waals surface area contributed by atoms with Gasteiger partial charge in [-0.1, -0.05) is 35.9 Å². The van der Waals surface area contributed by atoms with Gasteiger partial charge in [0.1, 0.15) is 11.4 Å². The Morgan fingerprint density at radius 1 is 1.09 bits per heavy atom. The van der Waals surface area contributed by atoms with Crippen molar-refractivity contribution in [3.63, 3.8) is 0 Å². The van der Waals surface area contributed by atoms with Crippen molar-refractivity contribution in [3.8, 4) is 5.75 Å². The third-order valence-corrected chi connectivity index (χ3v) is 4.40. The van der Waals surface area contributed by atoms with Gasteiger partial charge in [0.05, 0.1) is 5.02 Å². The molecule has 0 aliphatic rings. The van der Waals surface area contributed by atoms with Gasteiger partial charge in [-0.15, -0.1) is 0 Å². The number of carbonyl (C=O) groups is 1. The zero-order valence-corrected chi connectivity index (χ0v) is 16.0. The van der Waals surface area contributed by atoms with E-state index in [1.165, 1.54) is 0 Å². The van der Waals surface area contributed by atoms with Crippen molar-refractivity contribution >= 4 is 49.9 Å². The Labute approximate surface area is 156 Å². The predicted molar refractivity (Wildman–Crippen MR) is 101 cm³/mol. The molecule has 0 amide bonds. The van der Waals surface area contributed by atoms with Crippen molar-refractivity contribution in [2.24, 2.45) is 0 Å². The predicted octanol–water partition coefficient (Wildman–Crippen LogP) is 4.59. The van der Waals surface area contributed by atoms with Crippen LogP contribution < -0.4 is 10.0 Å². The van der Waals surface area contributed by atoms with Crippen molar-refractivity contribution in [1.29, 1.82) is 0 Å². The molecule has 0 N–H and O–H groups in total. The first-order valence-corrected chi connectivity index (χ1v) is 8.49. The fourth-order valence-electron chi connectivity index (χ4n) is 2.07. The average molecular weight is 342 g/mol. The van der Waals surface area contributed by atoms with E-state index in [9.17, 15) is 4.79 Å². The molecule has 0 aliphatic carbocycles. The van der Waals surface area contributed by atoms with Crippen LogP contribution in [0.1, 0.15) is 36.7 Å². The Morgan fingerprint density at radius 3 is 2.22 bits per heavy atom. The van der Waals surface area contributed by atoms with Gasteiger partial charge < -0.3 is 4.74 Å². The number of carbonyl (C=O) groups excluding carboxylic acids is 1. The summed E-state index contributed by atoms with van der Waals surface area (Å²) in [5.74, 6) is 0.808. The smallest absolute Gasteiger partial charge is 0.187 e. The quantitative estimate of drug-likeness (QED) is 0.600. The van der Waals surface area contributed by atoms with Gasteiger partial charge in [-0.3, -0.25) is 4.79 Å². The van der Waals surface area contributed by atoms with Gasteiger partial charge in [-0.2, -0.15) is 0 Å². The van der Waals surface area contributed by atoms with E-state index in [-0.39, 0.29) is 38.6 Å². The van der Waals surface area contributed by atoms with Crippen molar-refractivity contribution < 1.29 is 9.53 Å². The van der Waals surface area contributed by atoms with E-state index in [1.54, 1.807) is 6.07 Å². The molecule has 1 radical (unpaired) electrons. The van der Waals surface area contributed by atoms with Crippen LogP contribution >= 0.6 is 20.2 Å². The van der Waals surface area contributed by atoms with E-state index >= 15 is 0 Å². The zero-order valence-electron chi connectivity index (χ0n) is 14.2. The summed E-state index contributed by atoms with van der Waals surface area (Å²) in [7, 11) is 0.0540. The minimum absolute atomic E-state index is 0. The number of aryl methyl sites for hydroxylation is 1. The minimum atomic E-state index is -0.228. The molecular formula is C18H20ClLiO2P. The molecule has 0 heterocycles. The molecule has 0 fully saturated rings.